The van der Waals surface area contributed by atoms with Crippen molar-refractivity contribution < 1.29 is 4.79 Å². The Bertz CT molecular complexity index is 722. The molecule has 1 aromatic carbocycles. The number of para-hydroxylation sites is 1. The average Bonchev–Trinajstić information content (AvgIpc) is 2.40. The molecule has 0 spiro atoms. The molecule has 21 heavy (non-hydrogen) atoms. The Hall–Kier alpha value is -1.88. The van der Waals surface area contributed by atoms with Gasteiger partial charge in [0.05, 0.1) is 16.3 Å². The molecule has 0 aliphatic carbocycles. The van der Waals surface area contributed by atoms with Crippen molar-refractivity contribution in [3.63, 3.8) is 0 Å². The Kier molecular flexibility index (Phi) is 4.63. The smallest absolute Gasteiger partial charge is 0.261 e. The molecule has 0 aliphatic heterocycles. The second-order valence-electron chi connectivity index (χ2n) is 5.22. The molecule has 0 radical (unpaired) electrons. The number of halogens is 1. The van der Waals surface area contributed by atoms with Gasteiger partial charge in [-0.1, -0.05) is 12.1 Å². The molecule has 0 aliphatic rings. The highest BCUT2D eigenvalue weighted by Gasteiger charge is 2.17. The van der Waals surface area contributed by atoms with Crippen LogP contribution in [0.1, 0.15) is 32.0 Å². The lowest BCUT2D eigenvalue weighted by Gasteiger charge is -2.15. The van der Waals surface area contributed by atoms with Crippen LogP contribution in [0.15, 0.2) is 29.1 Å². The maximum atomic E-state index is 12.6. The quantitative estimate of drug-likeness (QED) is 0.881. The van der Waals surface area contributed by atoms with Crippen molar-refractivity contribution in [2.45, 2.75) is 38.7 Å². The van der Waals surface area contributed by atoms with E-state index in [-0.39, 0.29) is 24.1 Å². The van der Waals surface area contributed by atoms with Gasteiger partial charge in [-0.3, -0.25) is 14.2 Å². The minimum Gasteiger partial charge on any atom is -0.352 e. The molecule has 1 N–H and O–H groups in total. The second kappa shape index (κ2) is 6.26. The van der Waals surface area contributed by atoms with Gasteiger partial charge in [-0.05, 0) is 32.9 Å². The van der Waals surface area contributed by atoms with Crippen LogP contribution in [-0.2, 0) is 11.3 Å². The van der Waals surface area contributed by atoms with Gasteiger partial charge in [0, 0.05) is 6.04 Å². The third kappa shape index (κ3) is 3.42. The number of hydrogen-bond donors (Lipinski definition) is 1. The van der Waals surface area contributed by atoms with Crippen molar-refractivity contribution in [3.05, 3.63) is 40.4 Å². The number of nitrogens with one attached hydrogen (secondary N) is 1. The summed E-state index contributed by atoms with van der Waals surface area (Å²) >= 11 is 6.12. The minimum atomic E-state index is -0.464. The average molecular weight is 308 g/mol. The van der Waals surface area contributed by atoms with Crippen LogP contribution in [0.25, 0.3) is 10.9 Å². The molecule has 1 heterocycles. The van der Waals surface area contributed by atoms with Crippen molar-refractivity contribution >= 4 is 28.4 Å². The van der Waals surface area contributed by atoms with E-state index in [1.165, 1.54) is 4.57 Å². The summed E-state index contributed by atoms with van der Waals surface area (Å²) in [5, 5.41) is 2.78. The monoisotopic (exact) mass is 307 g/mol. The summed E-state index contributed by atoms with van der Waals surface area (Å²) < 4.78 is 1.34. The molecule has 2 rings (SSSR count). The van der Waals surface area contributed by atoms with E-state index >= 15 is 0 Å². The van der Waals surface area contributed by atoms with Crippen molar-refractivity contribution in [2.24, 2.45) is 0 Å². The highest BCUT2D eigenvalue weighted by molar-refractivity contribution is 6.20. The van der Waals surface area contributed by atoms with Crippen LogP contribution in [-0.4, -0.2) is 21.5 Å². The highest BCUT2D eigenvalue weighted by Crippen LogP contribution is 2.18. The highest BCUT2D eigenvalue weighted by atomic mass is 35.5. The van der Waals surface area contributed by atoms with Gasteiger partial charge in [0.25, 0.3) is 5.56 Å². The molecule has 0 fully saturated rings. The van der Waals surface area contributed by atoms with Gasteiger partial charge in [0.2, 0.25) is 5.91 Å². The number of carbonyl (C=O) groups is 1. The van der Waals surface area contributed by atoms with Gasteiger partial charge in [0.1, 0.15) is 12.4 Å². The molecule has 6 heteroatoms. The summed E-state index contributed by atoms with van der Waals surface area (Å²) in [6.07, 6.45) is 0. The minimum absolute atomic E-state index is 0.0125. The fourth-order valence-corrected chi connectivity index (χ4v) is 2.32. The number of hydrogen-bond acceptors (Lipinski definition) is 3. The third-order valence-electron chi connectivity index (χ3n) is 3.00. The van der Waals surface area contributed by atoms with Crippen LogP contribution in [0.2, 0.25) is 0 Å². The standard InChI is InChI=1S/C15H18ClN3O2/c1-9(2)17-13(20)8-19-14(10(3)16)18-12-7-5-4-6-11(12)15(19)21/h4-7,9-10H,8H2,1-3H3,(H,17,20). The number of amides is 1. The first-order chi connectivity index (χ1) is 9.90. The number of benzene rings is 1. The van der Waals surface area contributed by atoms with Gasteiger partial charge >= 0.3 is 0 Å². The predicted molar refractivity (Wildman–Crippen MR) is 83.5 cm³/mol. The molecule has 5 nitrogen and oxygen atoms in total. The molecule has 0 saturated heterocycles. The topological polar surface area (TPSA) is 64.0 Å². The van der Waals surface area contributed by atoms with Crippen LogP contribution in [0.5, 0.6) is 0 Å². The normalized spacial score (nSPS) is 12.6. The van der Waals surface area contributed by atoms with Gasteiger partial charge in [-0.25, -0.2) is 4.98 Å². The number of rotatable bonds is 4. The maximum absolute atomic E-state index is 12.6. The second-order valence-corrected chi connectivity index (χ2v) is 5.87. The summed E-state index contributed by atoms with van der Waals surface area (Å²) in [6, 6.07) is 7.06. The van der Waals surface area contributed by atoms with Gasteiger partial charge in [0.15, 0.2) is 0 Å². The Balaban J connectivity index is 2.54. The molecule has 0 saturated carbocycles. The first kappa shape index (κ1) is 15.5. The lowest BCUT2D eigenvalue weighted by atomic mass is 10.2. The van der Waals surface area contributed by atoms with Crippen molar-refractivity contribution in [2.75, 3.05) is 0 Å². The van der Waals surface area contributed by atoms with E-state index in [1.807, 2.05) is 19.9 Å². The number of nitrogens with zero attached hydrogens (tertiary/aromatic N) is 2. The SMILES string of the molecule is CC(C)NC(=O)Cn1c(C(C)Cl)nc2ccccc2c1=O. The number of alkyl halides is 1. The lowest BCUT2D eigenvalue weighted by molar-refractivity contribution is -0.122. The zero-order valence-corrected chi connectivity index (χ0v) is 13.0. The Morgan fingerprint density at radius 1 is 1.33 bits per heavy atom. The molecule has 1 amide bonds. The Morgan fingerprint density at radius 2 is 2.00 bits per heavy atom. The zero-order chi connectivity index (χ0) is 15.6. The van der Waals surface area contributed by atoms with E-state index in [9.17, 15) is 9.59 Å². The number of carbonyl (C=O) groups excluding carboxylic acids is 1. The fourth-order valence-electron chi connectivity index (χ4n) is 2.15. The van der Waals surface area contributed by atoms with Crippen LogP contribution in [0.3, 0.4) is 0 Å². The van der Waals surface area contributed by atoms with Gasteiger partial charge < -0.3 is 5.32 Å². The van der Waals surface area contributed by atoms with Gasteiger partial charge in [-0.15, -0.1) is 11.6 Å². The summed E-state index contributed by atoms with van der Waals surface area (Å²) in [4.78, 5) is 28.9. The van der Waals surface area contributed by atoms with Crippen molar-refractivity contribution in [3.8, 4) is 0 Å². The van der Waals surface area contributed by atoms with E-state index in [0.717, 1.165) is 0 Å². The van der Waals surface area contributed by atoms with E-state index in [1.54, 1.807) is 25.1 Å². The predicted octanol–water partition coefficient (Wildman–Crippen LogP) is 2.22. The van der Waals surface area contributed by atoms with Crippen LogP contribution >= 0.6 is 11.6 Å². The van der Waals surface area contributed by atoms with Crippen molar-refractivity contribution in [1.82, 2.24) is 14.9 Å². The molecule has 2 aromatic rings. The summed E-state index contributed by atoms with van der Waals surface area (Å²) in [5.41, 5.74) is 0.340. The largest absolute Gasteiger partial charge is 0.352 e. The van der Waals surface area contributed by atoms with E-state index in [0.29, 0.717) is 16.7 Å². The number of aromatic nitrogens is 2. The van der Waals surface area contributed by atoms with Crippen LogP contribution in [0.4, 0.5) is 0 Å². The Morgan fingerprint density at radius 3 is 2.62 bits per heavy atom. The molecule has 1 atom stereocenters. The first-order valence-corrected chi connectivity index (χ1v) is 7.26. The Labute approximate surface area is 127 Å². The third-order valence-corrected chi connectivity index (χ3v) is 3.19. The van der Waals surface area contributed by atoms with Gasteiger partial charge in [-0.2, -0.15) is 0 Å². The molecule has 112 valence electrons. The van der Waals surface area contributed by atoms with Crippen LogP contribution in [0, 0.1) is 0 Å². The maximum Gasteiger partial charge on any atom is 0.261 e. The van der Waals surface area contributed by atoms with E-state index in [2.05, 4.69) is 10.3 Å². The zero-order valence-electron chi connectivity index (χ0n) is 12.3. The summed E-state index contributed by atoms with van der Waals surface area (Å²) in [7, 11) is 0. The fraction of sp³-hybridized carbons (Fsp3) is 0.400. The lowest BCUT2D eigenvalue weighted by Crippen LogP contribution is -2.37. The summed E-state index contributed by atoms with van der Waals surface area (Å²) in [6.45, 7) is 5.38. The number of fused-ring (bicyclic) bond motifs is 1. The molecule has 1 aromatic heterocycles. The van der Waals surface area contributed by atoms with E-state index in [4.69, 9.17) is 11.6 Å². The molecular weight excluding hydrogens is 290 g/mol. The first-order valence-electron chi connectivity index (χ1n) is 6.83. The van der Waals surface area contributed by atoms with E-state index < -0.39 is 5.38 Å². The molecular formula is C15H18ClN3O2. The summed E-state index contributed by atoms with van der Waals surface area (Å²) in [5.74, 6) is 0.169. The molecule has 1 unspecified atom stereocenters. The van der Waals surface area contributed by atoms with Crippen molar-refractivity contribution in [1.29, 1.82) is 0 Å². The molecule has 0 bridgehead atoms. The van der Waals surface area contributed by atoms with Crippen LogP contribution < -0.4 is 10.9 Å².